The number of H-pyrrole nitrogens is 1. The number of aromatic nitrogens is 2. The second kappa shape index (κ2) is 6.60. The summed E-state index contributed by atoms with van der Waals surface area (Å²) in [7, 11) is 1.59. The SMILES string of the molecule is C[C@@H](NC(=O)c1ccc2c(=O)n(C)c(=S)[nH]c2c1)c1cccc(F)c1. The molecule has 0 saturated heterocycles. The van der Waals surface area contributed by atoms with Gasteiger partial charge >= 0.3 is 0 Å². The van der Waals surface area contributed by atoms with E-state index in [0.29, 0.717) is 22.0 Å². The highest BCUT2D eigenvalue weighted by Crippen LogP contribution is 2.16. The van der Waals surface area contributed by atoms with Crippen LogP contribution in [0.5, 0.6) is 0 Å². The van der Waals surface area contributed by atoms with Crippen LogP contribution < -0.4 is 10.9 Å². The standard InChI is InChI=1S/C18H16FN3O2S/c1-10(11-4-3-5-13(19)8-11)20-16(23)12-6-7-14-15(9-12)21-18(25)22(2)17(14)24/h3-10H,1-2H3,(H,20,23)(H,21,25)/t10-/m1/s1. The zero-order valence-electron chi connectivity index (χ0n) is 13.7. The number of nitrogens with zero attached hydrogens (tertiary/aromatic N) is 1. The van der Waals surface area contributed by atoms with Crippen LogP contribution in [-0.4, -0.2) is 15.5 Å². The van der Waals surface area contributed by atoms with Crippen molar-refractivity contribution >= 4 is 29.0 Å². The molecule has 0 bridgehead atoms. The lowest BCUT2D eigenvalue weighted by atomic mass is 10.1. The fourth-order valence-electron chi connectivity index (χ4n) is 2.59. The molecule has 0 saturated carbocycles. The fourth-order valence-corrected chi connectivity index (χ4v) is 2.78. The molecule has 0 unspecified atom stereocenters. The van der Waals surface area contributed by atoms with Gasteiger partial charge in [0.1, 0.15) is 5.82 Å². The van der Waals surface area contributed by atoms with Gasteiger partial charge in [0.05, 0.1) is 16.9 Å². The molecule has 3 rings (SSSR count). The Labute approximate surface area is 148 Å². The summed E-state index contributed by atoms with van der Waals surface area (Å²) in [6, 6.07) is 10.5. The van der Waals surface area contributed by atoms with Gasteiger partial charge in [-0.2, -0.15) is 0 Å². The van der Waals surface area contributed by atoms with E-state index in [4.69, 9.17) is 12.2 Å². The number of hydrogen-bond acceptors (Lipinski definition) is 3. The summed E-state index contributed by atoms with van der Waals surface area (Å²) in [5.74, 6) is -0.675. The van der Waals surface area contributed by atoms with Gasteiger partial charge in [0.2, 0.25) is 0 Å². The highest BCUT2D eigenvalue weighted by Gasteiger charge is 2.13. The summed E-state index contributed by atoms with van der Waals surface area (Å²) in [5.41, 5.74) is 1.33. The van der Waals surface area contributed by atoms with Crippen molar-refractivity contribution in [2.45, 2.75) is 13.0 Å². The van der Waals surface area contributed by atoms with Gasteiger partial charge in [-0.1, -0.05) is 12.1 Å². The molecule has 1 aromatic heterocycles. The van der Waals surface area contributed by atoms with Crippen molar-refractivity contribution in [3.8, 4) is 0 Å². The molecule has 0 spiro atoms. The molecule has 2 N–H and O–H groups in total. The van der Waals surface area contributed by atoms with Crippen LogP contribution in [0.15, 0.2) is 47.3 Å². The number of carbonyl (C=O) groups excluding carboxylic acids is 1. The average Bonchev–Trinajstić information content (AvgIpc) is 2.59. The van der Waals surface area contributed by atoms with Crippen molar-refractivity contribution in [1.29, 1.82) is 0 Å². The second-order valence-electron chi connectivity index (χ2n) is 5.80. The molecule has 5 nitrogen and oxygen atoms in total. The lowest BCUT2D eigenvalue weighted by Gasteiger charge is -2.15. The van der Waals surface area contributed by atoms with Crippen LogP contribution in [0.3, 0.4) is 0 Å². The van der Waals surface area contributed by atoms with Crippen LogP contribution in [0.4, 0.5) is 4.39 Å². The molecule has 0 radical (unpaired) electrons. The normalized spacial score (nSPS) is 12.1. The molecule has 7 heteroatoms. The predicted molar refractivity (Wildman–Crippen MR) is 96.7 cm³/mol. The number of rotatable bonds is 3. The van der Waals surface area contributed by atoms with Crippen LogP contribution >= 0.6 is 12.2 Å². The number of nitrogens with one attached hydrogen (secondary N) is 2. The lowest BCUT2D eigenvalue weighted by Crippen LogP contribution is -2.27. The van der Waals surface area contributed by atoms with E-state index in [-0.39, 0.29) is 28.1 Å². The molecule has 3 aromatic rings. The number of hydrogen-bond donors (Lipinski definition) is 2. The molecule has 0 aliphatic rings. The van der Waals surface area contributed by atoms with Crippen LogP contribution in [0.2, 0.25) is 0 Å². The predicted octanol–water partition coefficient (Wildman–Crippen LogP) is 3.23. The highest BCUT2D eigenvalue weighted by molar-refractivity contribution is 7.71. The van der Waals surface area contributed by atoms with Crippen molar-refractivity contribution in [2.75, 3.05) is 0 Å². The summed E-state index contributed by atoms with van der Waals surface area (Å²) in [6.45, 7) is 1.77. The summed E-state index contributed by atoms with van der Waals surface area (Å²) in [4.78, 5) is 27.6. The first-order chi connectivity index (χ1) is 11.9. The van der Waals surface area contributed by atoms with Gasteiger partial charge in [-0.3, -0.25) is 14.2 Å². The minimum absolute atomic E-state index is 0.223. The average molecular weight is 357 g/mol. The lowest BCUT2D eigenvalue weighted by molar-refractivity contribution is 0.0940. The summed E-state index contributed by atoms with van der Waals surface area (Å²) >= 11 is 5.09. The zero-order chi connectivity index (χ0) is 18.1. The molecule has 25 heavy (non-hydrogen) atoms. The molecule has 1 heterocycles. The van der Waals surface area contributed by atoms with E-state index >= 15 is 0 Å². The van der Waals surface area contributed by atoms with Crippen molar-refractivity contribution in [3.05, 3.63) is 74.5 Å². The van der Waals surface area contributed by atoms with E-state index in [2.05, 4.69) is 10.3 Å². The minimum atomic E-state index is -0.360. The topological polar surface area (TPSA) is 66.9 Å². The first-order valence-corrected chi connectivity index (χ1v) is 8.07. The maximum absolute atomic E-state index is 13.3. The van der Waals surface area contributed by atoms with Crippen molar-refractivity contribution < 1.29 is 9.18 Å². The van der Waals surface area contributed by atoms with Crippen molar-refractivity contribution in [3.63, 3.8) is 0 Å². The van der Waals surface area contributed by atoms with Gasteiger partial charge in [-0.25, -0.2) is 4.39 Å². The highest BCUT2D eigenvalue weighted by atomic mass is 32.1. The Morgan fingerprint density at radius 2 is 2.04 bits per heavy atom. The van der Waals surface area contributed by atoms with Crippen molar-refractivity contribution in [1.82, 2.24) is 14.9 Å². The summed E-state index contributed by atoms with van der Waals surface area (Å²) in [5, 5.41) is 3.27. The molecule has 1 amide bonds. The summed E-state index contributed by atoms with van der Waals surface area (Å²) < 4.78 is 14.9. The third-order valence-electron chi connectivity index (χ3n) is 4.06. The maximum atomic E-state index is 13.3. The number of carbonyl (C=O) groups is 1. The molecule has 128 valence electrons. The van der Waals surface area contributed by atoms with Gasteiger partial charge in [-0.15, -0.1) is 0 Å². The summed E-state index contributed by atoms with van der Waals surface area (Å²) in [6.07, 6.45) is 0. The Kier molecular flexibility index (Phi) is 4.50. The van der Waals surface area contributed by atoms with Crippen LogP contribution in [0.25, 0.3) is 10.9 Å². The van der Waals surface area contributed by atoms with E-state index in [0.717, 1.165) is 0 Å². The fraction of sp³-hybridized carbons (Fsp3) is 0.167. The quantitative estimate of drug-likeness (QED) is 0.707. The third kappa shape index (κ3) is 3.36. The van der Waals surface area contributed by atoms with Gasteiger partial charge in [-0.05, 0) is 55.0 Å². The van der Waals surface area contributed by atoms with Crippen molar-refractivity contribution in [2.24, 2.45) is 7.05 Å². The maximum Gasteiger partial charge on any atom is 0.261 e. The molecular formula is C18H16FN3O2S. The Morgan fingerprint density at radius 1 is 1.28 bits per heavy atom. The molecular weight excluding hydrogens is 341 g/mol. The van der Waals surface area contributed by atoms with Crippen LogP contribution in [-0.2, 0) is 7.05 Å². The Bertz CT molecular complexity index is 1090. The van der Waals surface area contributed by atoms with E-state index in [9.17, 15) is 14.0 Å². The molecule has 1 atom stereocenters. The number of amides is 1. The van der Waals surface area contributed by atoms with Gasteiger partial charge in [0.15, 0.2) is 4.77 Å². The van der Waals surface area contributed by atoms with Gasteiger partial charge in [0, 0.05) is 12.6 Å². The van der Waals surface area contributed by atoms with E-state index < -0.39 is 0 Å². The monoisotopic (exact) mass is 357 g/mol. The third-order valence-corrected chi connectivity index (χ3v) is 4.44. The van der Waals surface area contributed by atoms with Gasteiger partial charge in [0.25, 0.3) is 11.5 Å². The Hall–Kier alpha value is -2.80. The largest absolute Gasteiger partial charge is 0.346 e. The van der Waals surface area contributed by atoms with Crippen LogP contribution in [0.1, 0.15) is 28.9 Å². The number of halogens is 1. The number of aromatic amines is 1. The van der Waals surface area contributed by atoms with E-state index in [1.807, 2.05) is 0 Å². The number of fused-ring (bicyclic) bond motifs is 1. The van der Waals surface area contributed by atoms with Crippen LogP contribution in [0, 0.1) is 10.6 Å². The molecule has 0 aliphatic heterocycles. The molecule has 0 fully saturated rings. The van der Waals surface area contributed by atoms with E-state index in [1.54, 1.807) is 44.3 Å². The van der Waals surface area contributed by atoms with Gasteiger partial charge < -0.3 is 10.3 Å². The van der Waals surface area contributed by atoms with E-state index in [1.165, 1.54) is 16.7 Å². The zero-order valence-corrected chi connectivity index (χ0v) is 14.5. The second-order valence-corrected chi connectivity index (χ2v) is 6.19. The molecule has 2 aromatic carbocycles. The first-order valence-electron chi connectivity index (χ1n) is 7.66. The first kappa shape index (κ1) is 17.0. The Morgan fingerprint density at radius 3 is 2.76 bits per heavy atom. The Balaban J connectivity index is 1.91. The molecule has 0 aliphatic carbocycles. The number of benzene rings is 2. The smallest absolute Gasteiger partial charge is 0.261 e. The minimum Gasteiger partial charge on any atom is -0.346 e.